The van der Waals surface area contributed by atoms with Gasteiger partial charge in [0.1, 0.15) is 0 Å². The van der Waals surface area contributed by atoms with E-state index in [2.05, 4.69) is 0 Å². The Balaban J connectivity index is 0. The highest BCUT2D eigenvalue weighted by Crippen LogP contribution is 2.27. The molecule has 9 heteroatoms. The van der Waals surface area contributed by atoms with E-state index in [0.29, 0.717) is 0 Å². The number of hydrogen-bond donors (Lipinski definition) is 2. The quantitative estimate of drug-likeness (QED) is 0.500. The predicted octanol–water partition coefficient (Wildman–Crippen LogP) is 1.77. The molecule has 0 saturated carbocycles. The van der Waals surface area contributed by atoms with Crippen LogP contribution in [0.25, 0.3) is 0 Å². The second-order valence-electron chi connectivity index (χ2n) is 3.20. The van der Waals surface area contributed by atoms with Crippen LogP contribution in [-0.4, -0.2) is 31.4 Å². The van der Waals surface area contributed by atoms with Gasteiger partial charge in [0.25, 0.3) is 0 Å². The van der Waals surface area contributed by atoms with E-state index in [9.17, 15) is 13.2 Å². The molecule has 0 amide bonds. The average Bonchev–Trinajstić information content (AvgIpc) is 1.50. The molecule has 0 saturated heterocycles. The number of alkyl halides is 3. The first-order valence-corrected chi connectivity index (χ1v) is 7.91. The summed E-state index contributed by atoms with van der Waals surface area (Å²) in [6.45, 7) is 3.85. The standard InChI is InChI=1S/C4H9F3Si.H2O4S/c1-8(2,3)4(5,6)7;1-5(2,3)4/h1-3H3;(H2,1,2,3,4). The van der Waals surface area contributed by atoms with Crippen LogP contribution in [-0.2, 0) is 10.4 Å². The second kappa shape index (κ2) is 4.40. The Morgan fingerprint density at radius 1 is 1.08 bits per heavy atom. The van der Waals surface area contributed by atoms with E-state index in [0.717, 1.165) is 0 Å². The van der Waals surface area contributed by atoms with Crippen molar-refractivity contribution in [1.82, 2.24) is 0 Å². The van der Waals surface area contributed by atoms with Crippen molar-refractivity contribution in [2.45, 2.75) is 25.4 Å². The molecule has 0 fully saturated rings. The van der Waals surface area contributed by atoms with Gasteiger partial charge in [-0.25, -0.2) is 0 Å². The smallest absolute Gasteiger partial charge is 0.264 e. The van der Waals surface area contributed by atoms with Crippen LogP contribution < -0.4 is 0 Å². The molecule has 2 N–H and O–H groups in total. The molecule has 0 aromatic heterocycles. The van der Waals surface area contributed by atoms with Crippen molar-refractivity contribution in [2.24, 2.45) is 0 Å². The lowest BCUT2D eigenvalue weighted by Crippen LogP contribution is -2.40. The van der Waals surface area contributed by atoms with Crippen LogP contribution in [0, 0.1) is 0 Å². The van der Waals surface area contributed by atoms with Crippen LogP contribution in [0.15, 0.2) is 0 Å². The lowest BCUT2D eigenvalue weighted by Gasteiger charge is -2.19. The molecular formula is C4H11F3O4SSi. The molecule has 82 valence electrons. The van der Waals surface area contributed by atoms with Gasteiger partial charge in [0.15, 0.2) is 8.07 Å². The normalized spacial score (nSPS) is 13.2. The van der Waals surface area contributed by atoms with Crippen LogP contribution in [0.4, 0.5) is 13.2 Å². The molecule has 0 aliphatic heterocycles. The van der Waals surface area contributed by atoms with Gasteiger partial charge < -0.3 is 0 Å². The lowest BCUT2D eigenvalue weighted by molar-refractivity contribution is -0.0552. The van der Waals surface area contributed by atoms with Crippen LogP contribution in [0.2, 0.25) is 19.6 Å². The van der Waals surface area contributed by atoms with Gasteiger partial charge in [-0.15, -0.1) is 0 Å². The Hall–Kier alpha value is -0.123. The van der Waals surface area contributed by atoms with Crippen molar-refractivity contribution in [3.05, 3.63) is 0 Å². The fraction of sp³-hybridized carbons (Fsp3) is 1.00. The molecule has 0 heterocycles. The van der Waals surface area contributed by atoms with Crippen molar-refractivity contribution >= 4 is 18.5 Å². The maximum atomic E-state index is 11.6. The first-order chi connectivity index (χ1) is 5.25. The Labute approximate surface area is 75.3 Å². The van der Waals surface area contributed by atoms with E-state index in [-0.39, 0.29) is 0 Å². The summed E-state index contributed by atoms with van der Waals surface area (Å²) in [4.78, 5) is 0. The molecular weight excluding hydrogens is 229 g/mol. The number of hydrogen-bond acceptors (Lipinski definition) is 2. The molecule has 0 rings (SSSR count). The van der Waals surface area contributed by atoms with Gasteiger partial charge in [0.2, 0.25) is 0 Å². The van der Waals surface area contributed by atoms with E-state index in [1.807, 2.05) is 0 Å². The highest BCUT2D eigenvalue weighted by molar-refractivity contribution is 7.79. The predicted molar refractivity (Wildman–Crippen MR) is 43.6 cm³/mol. The summed E-state index contributed by atoms with van der Waals surface area (Å²) in [5.74, 6) is -3.92. The summed E-state index contributed by atoms with van der Waals surface area (Å²) in [5, 5.41) is 0. The molecule has 0 aromatic carbocycles. The first-order valence-electron chi connectivity index (χ1n) is 3.02. The Kier molecular flexibility index (Phi) is 5.19. The van der Waals surface area contributed by atoms with E-state index in [4.69, 9.17) is 17.5 Å². The van der Waals surface area contributed by atoms with E-state index >= 15 is 0 Å². The van der Waals surface area contributed by atoms with Gasteiger partial charge >= 0.3 is 16.2 Å². The maximum absolute atomic E-state index is 11.6. The molecule has 0 radical (unpaired) electrons. The van der Waals surface area contributed by atoms with Crippen LogP contribution in [0.3, 0.4) is 0 Å². The third-order valence-corrected chi connectivity index (χ3v) is 2.55. The van der Waals surface area contributed by atoms with Crippen molar-refractivity contribution in [3.63, 3.8) is 0 Å². The monoisotopic (exact) mass is 240 g/mol. The van der Waals surface area contributed by atoms with Crippen LogP contribution in [0.5, 0.6) is 0 Å². The minimum absolute atomic E-state index is 1.28. The molecule has 0 unspecified atom stereocenters. The molecule has 0 aliphatic rings. The topological polar surface area (TPSA) is 74.6 Å². The zero-order valence-corrected chi connectivity index (χ0v) is 9.07. The highest BCUT2D eigenvalue weighted by Gasteiger charge is 2.44. The van der Waals surface area contributed by atoms with Gasteiger partial charge in [-0.2, -0.15) is 21.6 Å². The van der Waals surface area contributed by atoms with Gasteiger partial charge in [0.05, 0.1) is 0 Å². The lowest BCUT2D eigenvalue weighted by atomic mass is 11.5. The third-order valence-electron chi connectivity index (χ3n) is 0.850. The van der Waals surface area contributed by atoms with Crippen molar-refractivity contribution in [1.29, 1.82) is 0 Å². The van der Waals surface area contributed by atoms with E-state index in [1.165, 1.54) is 19.6 Å². The summed E-state index contributed by atoms with van der Waals surface area (Å²) < 4.78 is 66.5. The molecule has 4 nitrogen and oxygen atoms in total. The van der Waals surface area contributed by atoms with Crippen molar-refractivity contribution in [2.75, 3.05) is 0 Å². The Morgan fingerprint density at radius 3 is 1.15 bits per heavy atom. The average molecular weight is 240 g/mol. The molecule has 0 aliphatic carbocycles. The molecule has 0 aromatic rings. The molecule has 0 spiro atoms. The van der Waals surface area contributed by atoms with Crippen LogP contribution in [0.1, 0.15) is 0 Å². The largest absolute Gasteiger partial charge is 0.394 e. The molecule has 13 heavy (non-hydrogen) atoms. The summed E-state index contributed by atoms with van der Waals surface area (Å²) in [5.41, 5.74) is 0. The number of rotatable bonds is 0. The molecule has 0 atom stereocenters. The first kappa shape index (κ1) is 15.4. The zero-order valence-electron chi connectivity index (χ0n) is 7.25. The van der Waals surface area contributed by atoms with E-state index < -0.39 is 24.3 Å². The summed E-state index contributed by atoms with van der Waals surface area (Å²) in [7, 11) is -7.53. The van der Waals surface area contributed by atoms with Crippen LogP contribution >= 0.6 is 0 Å². The fourth-order valence-electron chi connectivity index (χ4n) is 0. The third kappa shape index (κ3) is 14.7. The van der Waals surface area contributed by atoms with Crippen molar-refractivity contribution < 1.29 is 30.7 Å². The minimum Gasteiger partial charge on any atom is -0.264 e. The maximum Gasteiger partial charge on any atom is 0.394 e. The van der Waals surface area contributed by atoms with Gasteiger partial charge in [0, 0.05) is 0 Å². The highest BCUT2D eigenvalue weighted by atomic mass is 32.3. The molecule has 0 bridgehead atoms. The van der Waals surface area contributed by atoms with Gasteiger partial charge in [-0.05, 0) is 0 Å². The summed E-state index contributed by atoms with van der Waals surface area (Å²) in [6, 6.07) is 0. The van der Waals surface area contributed by atoms with Gasteiger partial charge in [-0.1, -0.05) is 19.6 Å². The number of halogens is 3. The van der Waals surface area contributed by atoms with Gasteiger partial charge in [-0.3, -0.25) is 9.11 Å². The van der Waals surface area contributed by atoms with E-state index in [1.54, 1.807) is 0 Å². The Bertz CT molecular complexity index is 219. The fourth-order valence-corrected chi connectivity index (χ4v) is 0. The summed E-state index contributed by atoms with van der Waals surface area (Å²) in [6.07, 6.45) is 0. The summed E-state index contributed by atoms with van der Waals surface area (Å²) >= 11 is 0. The minimum atomic E-state index is -4.67. The zero-order chi connectivity index (χ0) is 11.5. The second-order valence-corrected chi connectivity index (χ2v) is 9.16. The van der Waals surface area contributed by atoms with Crippen molar-refractivity contribution in [3.8, 4) is 0 Å². The Morgan fingerprint density at radius 2 is 1.15 bits per heavy atom. The SMILES string of the molecule is C[Si](C)(C)C(F)(F)F.O=S(=O)(O)O.